The van der Waals surface area contributed by atoms with Gasteiger partial charge in [0.05, 0.1) is 6.54 Å². The van der Waals surface area contributed by atoms with E-state index in [0.29, 0.717) is 28.6 Å². The Hall–Kier alpha value is -2.99. The number of Topliss-reactive ketones (excluding diaryl/α,β-unsaturated/α-hetero) is 1. The first-order valence-electron chi connectivity index (χ1n) is 8.95. The van der Waals surface area contributed by atoms with E-state index >= 15 is 0 Å². The smallest absolute Gasteiger partial charge is 0.298 e. The van der Waals surface area contributed by atoms with Crippen molar-refractivity contribution in [2.24, 2.45) is 5.92 Å². The highest BCUT2D eigenvalue weighted by atomic mass is 35.5. The Kier molecular flexibility index (Phi) is 5.90. The van der Waals surface area contributed by atoms with Gasteiger partial charge in [0.15, 0.2) is 17.4 Å². The van der Waals surface area contributed by atoms with Crippen molar-refractivity contribution in [2.45, 2.75) is 26.8 Å². The fourth-order valence-corrected chi connectivity index (χ4v) is 3.06. The molecule has 7 heteroatoms. The molecule has 0 unspecified atom stereocenters. The van der Waals surface area contributed by atoms with Gasteiger partial charge in [0, 0.05) is 23.2 Å². The first-order valence-corrected chi connectivity index (χ1v) is 9.33. The quantitative estimate of drug-likeness (QED) is 0.605. The third-order valence-corrected chi connectivity index (χ3v) is 4.37. The summed E-state index contributed by atoms with van der Waals surface area (Å²) in [5.74, 6) is 0.920. The Labute approximate surface area is 168 Å². The fourth-order valence-electron chi connectivity index (χ4n) is 2.87. The third-order valence-electron chi connectivity index (χ3n) is 4.14. The summed E-state index contributed by atoms with van der Waals surface area (Å²) >= 11 is 6.11. The van der Waals surface area contributed by atoms with Crippen LogP contribution >= 0.6 is 11.6 Å². The lowest BCUT2D eigenvalue weighted by molar-refractivity contribution is -0.120. The monoisotopic (exact) mass is 396 g/mol. The molecule has 28 heavy (non-hydrogen) atoms. The molecular formula is C21H21ClN4O2. The highest BCUT2D eigenvalue weighted by Crippen LogP contribution is 2.21. The minimum Gasteiger partial charge on any atom is -0.298 e. The van der Waals surface area contributed by atoms with Crippen molar-refractivity contribution in [3.05, 3.63) is 70.2 Å². The van der Waals surface area contributed by atoms with Gasteiger partial charge in [-0.25, -0.2) is 9.78 Å². The van der Waals surface area contributed by atoms with Crippen LogP contribution in [0, 0.1) is 5.92 Å². The summed E-state index contributed by atoms with van der Waals surface area (Å²) in [5, 5.41) is 4.97. The number of hydrogen-bond acceptors (Lipinski definition) is 4. The first kappa shape index (κ1) is 19.8. The van der Waals surface area contributed by atoms with Gasteiger partial charge >= 0.3 is 5.69 Å². The topological polar surface area (TPSA) is 69.8 Å². The van der Waals surface area contributed by atoms with Crippen LogP contribution in [0.15, 0.2) is 54.0 Å². The van der Waals surface area contributed by atoms with Crippen LogP contribution in [-0.4, -0.2) is 25.1 Å². The van der Waals surface area contributed by atoms with Gasteiger partial charge in [-0.15, -0.1) is 5.10 Å². The summed E-state index contributed by atoms with van der Waals surface area (Å²) in [7, 11) is 0. The van der Waals surface area contributed by atoms with Gasteiger partial charge in [-0.1, -0.05) is 50.2 Å². The molecule has 2 aromatic heterocycles. The van der Waals surface area contributed by atoms with Crippen LogP contribution in [0.3, 0.4) is 0 Å². The molecule has 0 aliphatic heterocycles. The summed E-state index contributed by atoms with van der Waals surface area (Å²) in [6.07, 6.45) is 3.66. The number of carbonyl (C=O) groups is 1. The SMILES string of the molecule is C=Cc1ccc(-n2nc(-c3cccc(Cl)c3)n(CC(=O)CC(C)C)c2=O)nc1. The zero-order valence-corrected chi connectivity index (χ0v) is 16.6. The number of aromatic nitrogens is 4. The predicted octanol–water partition coefficient (Wildman–Crippen LogP) is 4.01. The van der Waals surface area contributed by atoms with Gasteiger partial charge in [0.1, 0.15) is 0 Å². The Bertz CT molecular complexity index is 1060. The van der Waals surface area contributed by atoms with Crippen LogP contribution in [0.25, 0.3) is 23.3 Å². The van der Waals surface area contributed by atoms with Crippen LogP contribution in [-0.2, 0) is 11.3 Å². The molecule has 0 saturated heterocycles. The Morgan fingerprint density at radius 1 is 1.29 bits per heavy atom. The van der Waals surface area contributed by atoms with Crippen LogP contribution in [0.2, 0.25) is 5.02 Å². The van der Waals surface area contributed by atoms with E-state index in [1.807, 2.05) is 13.8 Å². The van der Waals surface area contributed by atoms with Gasteiger partial charge in [0.25, 0.3) is 0 Å². The molecule has 0 radical (unpaired) electrons. The predicted molar refractivity (Wildman–Crippen MR) is 111 cm³/mol. The average Bonchev–Trinajstić information content (AvgIpc) is 2.98. The number of nitrogens with zero attached hydrogens (tertiary/aromatic N) is 4. The lowest BCUT2D eigenvalue weighted by atomic mass is 10.1. The van der Waals surface area contributed by atoms with E-state index in [4.69, 9.17) is 11.6 Å². The molecule has 0 atom stereocenters. The molecule has 0 aliphatic carbocycles. The molecule has 0 saturated carbocycles. The maximum absolute atomic E-state index is 13.0. The fraction of sp³-hybridized carbons (Fsp3) is 0.238. The second-order valence-corrected chi connectivity index (χ2v) is 7.34. The second kappa shape index (κ2) is 8.35. The normalized spacial score (nSPS) is 11.0. The van der Waals surface area contributed by atoms with Crippen LogP contribution in [0.1, 0.15) is 25.8 Å². The Morgan fingerprint density at radius 3 is 2.68 bits per heavy atom. The van der Waals surface area contributed by atoms with Crippen LogP contribution < -0.4 is 5.69 Å². The van der Waals surface area contributed by atoms with Gasteiger partial charge in [0.2, 0.25) is 0 Å². The molecule has 0 spiro atoms. The molecule has 3 rings (SSSR count). The summed E-state index contributed by atoms with van der Waals surface area (Å²) in [4.78, 5) is 29.7. The number of ketones is 1. The van der Waals surface area contributed by atoms with Crippen LogP contribution in [0.5, 0.6) is 0 Å². The lowest BCUT2D eigenvalue weighted by Crippen LogP contribution is -2.27. The van der Waals surface area contributed by atoms with Gasteiger partial charge in [-0.3, -0.25) is 9.36 Å². The van der Waals surface area contributed by atoms with Gasteiger partial charge < -0.3 is 0 Å². The summed E-state index contributed by atoms with van der Waals surface area (Å²) < 4.78 is 2.57. The second-order valence-electron chi connectivity index (χ2n) is 6.90. The summed E-state index contributed by atoms with van der Waals surface area (Å²) in [6, 6.07) is 10.5. The number of benzene rings is 1. The van der Waals surface area contributed by atoms with E-state index in [9.17, 15) is 9.59 Å². The number of pyridine rings is 1. The van der Waals surface area contributed by atoms with Crippen molar-refractivity contribution in [1.82, 2.24) is 19.3 Å². The minimum atomic E-state index is -0.425. The van der Waals surface area contributed by atoms with Crippen molar-refractivity contribution in [1.29, 1.82) is 0 Å². The zero-order valence-electron chi connectivity index (χ0n) is 15.8. The van der Waals surface area contributed by atoms with E-state index in [0.717, 1.165) is 5.56 Å². The van der Waals surface area contributed by atoms with E-state index in [-0.39, 0.29) is 18.2 Å². The molecule has 1 aromatic carbocycles. The zero-order chi connectivity index (χ0) is 20.3. The first-order chi connectivity index (χ1) is 13.4. The van der Waals surface area contributed by atoms with Crippen molar-refractivity contribution in [2.75, 3.05) is 0 Å². The number of carbonyl (C=O) groups excluding carboxylic acids is 1. The van der Waals surface area contributed by atoms with Gasteiger partial charge in [-0.05, 0) is 35.7 Å². The van der Waals surface area contributed by atoms with Crippen molar-refractivity contribution < 1.29 is 4.79 Å². The number of rotatable bonds is 7. The largest absolute Gasteiger partial charge is 0.352 e. The van der Waals surface area contributed by atoms with Crippen molar-refractivity contribution in [3.8, 4) is 17.2 Å². The maximum Gasteiger partial charge on any atom is 0.352 e. The van der Waals surface area contributed by atoms with E-state index < -0.39 is 5.69 Å². The van der Waals surface area contributed by atoms with E-state index in [1.165, 1.54) is 9.25 Å². The maximum atomic E-state index is 13.0. The summed E-state index contributed by atoms with van der Waals surface area (Å²) in [6.45, 7) is 7.57. The highest BCUT2D eigenvalue weighted by molar-refractivity contribution is 6.30. The lowest BCUT2D eigenvalue weighted by Gasteiger charge is -2.07. The minimum absolute atomic E-state index is 0.0325. The molecule has 144 valence electrons. The van der Waals surface area contributed by atoms with Crippen molar-refractivity contribution >= 4 is 23.5 Å². The highest BCUT2D eigenvalue weighted by Gasteiger charge is 2.19. The van der Waals surface area contributed by atoms with Crippen molar-refractivity contribution in [3.63, 3.8) is 0 Å². The molecule has 6 nitrogen and oxygen atoms in total. The third kappa shape index (κ3) is 4.28. The molecule has 2 heterocycles. The Balaban J connectivity index is 2.12. The van der Waals surface area contributed by atoms with Gasteiger partial charge in [-0.2, -0.15) is 4.68 Å². The van der Waals surface area contributed by atoms with Crippen LogP contribution in [0.4, 0.5) is 0 Å². The average molecular weight is 397 g/mol. The molecule has 3 aromatic rings. The van der Waals surface area contributed by atoms with E-state index in [1.54, 1.807) is 48.7 Å². The number of halogens is 1. The number of hydrogen-bond donors (Lipinski definition) is 0. The molecule has 0 N–H and O–H groups in total. The summed E-state index contributed by atoms with van der Waals surface area (Å²) in [5.41, 5.74) is 1.06. The molecular weight excluding hydrogens is 376 g/mol. The Morgan fingerprint density at radius 2 is 2.07 bits per heavy atom. The molecule has 0 bridgehead atoms. The van der Waals surface area contributed by atoms with E-state index in [2.05, 4.69) is 16.7 Å². The standard InChI is InChI=1S/C21H21ClN4O2/c1-4-15-8-9-19(23-12-15)26-21(28)25(13-18(27)10-14(2)3)20(24-26)16-6-5-7-17(22)11-16/h4-9,11-12,14H,1,10,13H2,2-3H3. The molecule has 0 amide bonds. The molecule has 0 aliphatic rings. The molecule has 0 fully saturated rings.